The highest BCUT2D eigenvalue weighted by Crippen LogP contribution is 2.29. The number of pyridine rings is 1. The Kier molecular flexibility index (Phi) is 7.14. The summed E-state index contributed by atoms with van der Waals surface area (Å²) in [5, 5.41) is 12.3. The maximum absolute atomic E-state index is 12.4. The number of ether oxygens (including phenoxy) is 1. The number of thioether (sulfide) groups is 1. The third-order valence-electron chi connectivity index (χ3n) is 4.68. The number of hydrogen-bond donors (Lipinski definition) is 1. The Bertz CT molecular complexity index is 1170. The molecule has 0 fully saturated rings. The summed E-state index contributed by atoms with van der Waals surface area (Å²) in [6, 6.07) is 21.4. The van der Waals surface area contributed by atoms with E-state index >= 15 is 0 Å². The molecular weight excluding hydrogens is 422 g/mol. The number of rotatable bonds is 9. The van der Waals surface area contributed by atoms with Gasteiger partial charge in [0.25, 0.3) is 0 Å². The van der Waals surface area contributed by atoms with Gasteiger partial charge >= 0.3 is 0 Å². The summed E-state index contributed by atoms with van der Waals surface area (Å²) in [5.74, 6) is 1.61. The van der Waals surface area contributed by atoms with Gasteiger partial charge in [-0.1, -0.05) is 48.2 Å². The first-order valence-electron chi connectivity index (χ1n) is 10.2. The quantitative estimate of drug-likeness (QED) is 0.311. The second-order valence-corrected chi connectivity index (χ2v) is 7.91. The lowest BCUT2D eigenvalue weighted by molar-refractivity contribution is -0.118. The van der Waals surface area contributed by atoms with Crippen LogP contribution in [-0.4, -0.2) is 44.6 Å². The molecule has 0 atom stereocenters. The minimum absolute atomic E-state index is 0.0890. The molecule has 2 aromatic carbocycles. The number of para-hydroxylation sites is 2. The Morgan fingerprint density at radius 3 is 2.62 bits per heavy atom. The fraction of sp³-hybridized carbons (Fsp3) is 0.167. The van der Waals surface area contributed by atoms with Crippen molar-refractivity contribution in [3.8, 4) is 22.8 Å². The van der Waals surface area contributed by atoms with Gasteiger partial charge in [-0.2, -0.15) is 0 Å². The third kappa shape index (κ3) is 5.33. The zero-order valence-corrected chi connectivity index (χ0v) is 18.5. The molecule has 0 bridgehead atoms. The average Bonchev–Trinajstić information content (AvgIpc) is 3.26. The van der Waals surface area contributed by atoms with Gasteiger partial charge in [-0.15, -0.1) is 10.2 Å². The maximum Gasteiger partial charge on any atom is 0.230 e. The van der Waals surface area contributed by atoms with Gasteiger partial charge in [-0.3, -0.25) is 14.3 Å². The summed E-state index contributed by atoms with van der Waals surface area (Å²) in [6.07, 6.45) is 3.48. The lowest BCUT2D eigenvalue weighted by Crippen LogP contribution is -2.29. The highest BCUT2D eigenvalue weighted by atomic mass is 32.2. The summed E-state index contributed by atoms with van der Waals surface area (Å²) in [5.41, 5.74) is 2.91. The van der Waals surface area contributed by atoms with E-state index < -0.39 is 0 Å². The number of benzene rings is 2. The van der Waals surface area contributed by atoms with Gasteiger partial charge in [0.15, 0.2) is 11.0 Å². The van der Waals surface area contributed by atoms with E-state index in [1.54, 1.807) is 12.4 Å². The molecule has 0 aliphatic carbocycles. The third-order valence-corrected chi connectivity index (χ3v) is 5.61. The highest BCUT2D eigenvalue weighted by Gasteiger charge is 2.18. The van der Waals surface area contributed by atoms with E-state index in [1.165, 1.54) is 11.8 Å². The van der Waals surface area contributed by atoms with Crippen LogP contribution in [-0.2, 0) is 4.79 Å². The monoisotopic (exact) mass is 445 g/mol. The molecule has 2 aromatic heterocycles. The Morgan fingerprint density at radius 1 is 1.03 bits per heavy atom. The summed E-state index contributed by atoms with van der Waals surface area (Å²) in [6.45, 7) is 2.88. The van der Waals surface area contributed by atoms with Gasteiger partial charge in [0.1, 0.15) is 12.4 Å². The molecule has 0 unspecified atom stereocenters. The van der Waals surface area contributed by atoms with Crippen LogP contribution in [0.1, 0.15) is 5.56 Å². The van der Waals surface area contributed by atoms with Crippen molar-refractivity contribution in [2.45, 2.75) is 12.1 Å². The van der Waals surface area contributed by atoms with E-state index in [2.05, 4.69) is 20.5 Å². The second-order valence-electron chi connectivity index (χ2n) is 6.97. The normalized spacial score (nSPS) is 10.7. The van der Waals surface area contributed by atoms with Gasteiger partial charge in [-0.25, -0.2) is 0 Å². The Morgan fingerprint density at radius 2 is 1.84 bits per heavy atom. The van der Waals surface area contributed by atoms with Crippen molar-refractivity contribution in [1.82, 2.24) is 25.1 Å². The molecule has 0 spiro atoms. The zero-order valence-electron chi connectivity index (χ0n) is 17.6. The van der Waals surface area contributed by atoms with Crippen molar-refractivity contribution < 1.29 is 9.53 Å². The van der Waals surface area contributed by atoms with Crippen LogP contribution in [0, 0.1) is 6.92 Å². The van der Waals surface area contributed by atoms with E-state index in [9.17, 15) is 4.79 Å². The van der Waals surface area contributed by atoms with Crippen LogP contribution < -0.4 is 10.1 Å². The van der Waals surface area contributed by atoms with Gasteiger partial charge in [0, 0.05) is 18.0 Å². The molecule has 0 saturated carbocycles. The van der Waals surface area contributed by atoms with Gasteiger partial charge < -0.3 is 10.1 Å². The van der Waals surface area contributed by atoms with Crippen LogP contribution in [0.15, 0.2) is 84.3 Å². The van der Waals surface area contributed by atoms with Crippen molar-refractivity contribution in [2.75, 3.05) is 18.9 Å². The molecule has 0 aliphatic rings. The number of carbonyl (C=O) groups excluding carboxylic acids is 1. The number of aryl methyl sites for hydroxylation is 1. The molecular formula is C24H23N5O2S. The molecule has 4 aromatic rings. The average molecular weight is 446 g/mol. The van der Waals surface area contributed by atoms with Crippen LogP contribution in [0.5, 0.6) is 5.75 Å². The standard InChI is InChI=1S/C24H23N5O2S/c1-18-8-5-6-12-21(18)29-23(19-9-7-13-25-16-19)27-28-24(29)32-17-22(30)26-14-15-31-20-10-3-2-4-11-20/h2-13,16H,14-15,17H2,1H3,(H,26,30). The van der Waals surface area contributed by atoms with Crippen molar-refractivity contribution in [2.24, 2.45) is 0 Å². The van der Waals surface area contributed by atoms with Crippen LogP contribution in [0.2, 0.25) is 0 Å². The highest BCUT2D eigenvalue weighted by molar-refractivity contribution is 7.99. The smallest absolute Gasteiger partial charge is 0.230 e. The molecule has 0 radical (unpaired) electrons. The number of amides is 1. The molecule has 0 saturated heterocycles. The van der Waals surface area contributed by atoms with Crippen LogP contribution in [0.3, 0.4) is 0 Å². The number of carbonyl (C=O) groups is 1. The molecule has 8 heteroatoms. The molecule has 32 heavy (non-hydrogen) atoms. The fourth-order valence-corrected chi connectivity index (χ4v) is 3.91. The minimum atomic E-state index is -0.0890. The summed E-state index contributed by atoms with van der Waals surface area (Å²) >= 11 is 1.34. The van der Waals surface area contributed by atoms with Crippen LogP contribution in [0.25, 0.3) is 17.1 Å². The molecule has 7 nitrogen and oxygen atoms in total. The van der Waals surface area contributed by atoms with Crippen molar-refractivity contribution in [1.29, 1.82) is 0 Å². The van der Waals surface area contributed by atoms with E-state index in [1.807, 2.05) is 78.2 Å². The molecule has 1 amide bonds. The maximum atomic E-state index is 12.4. The summed E-state index contributed by atoms with van der Waals surface area (Å²) in [7, 11) is 0. The van der Waals surface area contributed by atoms with Gasteiger partial charge in [0.2, 0.25) is 5.91 Å². The molecule has 162 valence electrons. The van der Waals surface area contributed by atoms with Gasteiger partial charge in [0.05, 0.1) is 18.0 Å². The van der Waals surface area contributed by atoms with Crippen molar-refractivity contribution >= 4 is 17.7 Å². The Labute approximate surface area is 190 Å². The first-order valence-corrected chi connectivity index (χ1v) is 11.2. The molecule has 4 rings (SSSR count). The minimum Gasteiger partial charge on any atom is -0.492 e. The summed E-state index contributed by atoms with van der Waals surface area (Å²) in [4.78, 5) is 16.6. The second kappa shape index (κ2) is 10.6. The number of aromatic nitrogens is 4. The van der Waals surface area contributed by atoms with Crippen LogP contribution in [0.4, 0.5) is 0 Å². The lowest BCUT2D eigenvalue weighted by Gasteiger charge is -2.12. The van der Waals surface area contributed by atoms with E-state index in [-0.39, 0.29) is 11.7 Å². The molecule has 0 aliphatic heterocycles. The van der Waals surface area contributed by atoms with Gasteiger partial charge in [-0.05, 0) is 42.8 Å². The topological polar surface area (TPSA) is 81.9 Å². The Balaban J connectivity index is 1.43. The fourth-order valence-electron chi connectivity index (χ4n) is 3.13. The first-order chi connectivity index (χ1) is 15.7. The van der Waals surface area contributed by atoms with E-state index in [4.69, 9.17) is 4.74 Å². The number of nitrogens with one attached hydrogen (secondary N) is 1. The predicted molar refractivity (Wildman–Crippen MR) is 125 cm³/mol. The molecule has 2 heterocycles. The summed E-state index contributed by atoms with van der Waals surface area (Å²) < 4.78 is 7.58. The lowest BCUT2D eigenvalue weighted by atomic mass is 10.2. The van der Waals surface area contributed by atoms with E-state index in [0.717, 1.165) is 22.6 Å². The Hall–Kier alpha value is -3.65. The van der Waals surface area contributed by atoms with Crippen LogP contribution >= 0.6 is 11.8 Å². The SMILES string of the molecule is Cc1ccccc1-n1c(SCC(=O)NCCOc2ccccc2)nnc1-c1cccnc1. The van der Waals surface area contributed by atoms with Crippen molar-refractivity contribution in [3.63, 3.8) is 0 Å². The largest absolute Gasteiger partial charge is 0.492 e. The predicted octanol–water partition coefficient (Wildman–Crippen LogP) is 3.93. The van der Waals surface area contributed by atoms with E-state index in [0.29, 0.717) is 24.1 Å². The zero-order chi connectivity index (χ0) is 22.2. The van der Waals surface area contributed by atoms with Crippen molar-refractivity contribution in [3.05, 3.63) is 84.7 Å². The molecule has 1 N–H and O–H groups in total. The first kappa shape index (κ1) is 21.6. The number of hydrogen-bond acceptors (Lipinski definition) is 6. The number of nitrogens with zero attached hydrogens (tertiary/aromatic N) is 4.